The van der Waals surface area contributed by atoms with Gasteiger partial charge in [-0.15, -0.1) is 0 Å². The number of hydrogen-bond acceptors (Lipinski definition) is 3. The summed E-state index contributed by atoms with van der Waals surface area (Å²) in [6.45, 7) is 5.20. The number of nitrogens with one attached hydrogen (secondary N) is 3. The number of para-hydroxylation sites is 2. The molecule has 0 aromatic heterocycles. The molecular formula is C19H25N3. The second-order valence-electron chi connectivity index (χ2n) is 5.80. The first kappa shape index (κ1) is 14.9. The molecule has 1 aliphatic heterocycles. The topological polar surface area (TPSA) is 36.1 Å². The zero-order valence-corrected chi connectivity index (χ0v) is 13.2. The molecule has 116 valence electrons. The summed E-state index contributed by atoms with van der Waals surface area (Å²) in [5.74, 6) is 0. The van der Waals surface area contributed by atoms with Crippen molar-refractivity contribution in [2.45, 2.75) is 25.8 Å². The highest BCUT2D eigenvalue weighted by molar-refractivity contribution is 5.86. The molecule has 1 aliphatic rings. The van der Waals surface area contributed by atoms with Crippen molar-refractivity contribution in [3.8, 4) is 11.1 Å². The van der Waals surface area contributed by atoms with Gasteiger partial charge < -0.3 is 16.0 Å². The van der Waals surface area contributed by atoms with Gasteiger partial charge in [0.1, 0.15) is 0 Å². The van der Waals surface area contributed by atoms with E-state index >= 15 is 0 Å². The molecule has 22 heavy (non-hydrogen) atoms. The Morgan fingerprint density at radius 1 is 0.955 bits per heavy atom. The molecule has 0 spiro atoms. The van der Waals surface area contributed by atoms with Gasteiger partial charge in [0.15, 0.2) is 0 Å². The molecule has 3 N–H and O–H groups in total. The molecule has 1 fully saturated rings. The number of anilines is 2. The highest BCUT2D eigenvalue weighted by Crippen LogP contribution is 2.33. The summed E-state index contributed by atoms with van der Waals surface area (Å²) in [6.07, 6.45) is 2.56. The first-order valence-electron chi connectivity index (χ1n) is 8.28. The summed E-state index contributed by atoms with van der Waals surface area (Å²) < 4.78 is 0. The van der Waals surface area contributed by atoms with Crippen LogP contribution in [-0.4, -0.2) is 25.7 Å². The van der Waals surface area contributed by atoms with Crippen molar-refractivity contribution in [1.82, 2.24) is 5.32 Å². The van der Waals surface area contributed by atoms with Gasteiger partial charge in [0, 0.05) is 41.6 Å². The molecule has 1 atom stereocenters. The van der Waals surface area contributed by atoms with Crippen LogP contribution in [0.25, 0.3) is 11.1 Å². The van der Waals surface area contributed by atoms with Crippen molar-refractivity contribution in [1.29, 1.82) is 0 Å². The van der Waals surface area contributed by atoms with E-state index in [1.165, 1.54) is 35.3 Å². The molecule has 0 unspecified atom stereocenters. The minimum absolute atomic E-state index is 0.595. The summed E-state index contributed by atoms with van der Waals surface area (Å²) >= 11 is 0. The van der Waals surface area contributed by atoms with Crippen LogP contribution in [0.3, 0.4) is 0 Å². The van der Waals surface area contributed by atoms with E-state index in [-0.39, 0.29) is 0 Å². The lowest BCUT2D eigenvalue weighted by molar-refractivity contribution is 0.634. The molecular weight excluding hydrogens is 270 g/mol. The molecule has 1 saturated heterocycles. The van der Waals surface area contributed by atoms with Gasteiger partial charge in [-0.05, 0) is 38.4 Å². The number of benzene rings is 2. The van der Waals surface area contributed by atoms with Crippen molar-refractivity contribution in [2.24, 2.45) is 0 Å². The minimum Gasteiger partial charge on any atom is -0.385 e. The fraction of sp³-hybridized carbons (Fsp3) is 0.368. The first-order chi connectivity index (χ1) is 10.9. The van der Waals surface area contributed by atoms with E-state index in [1.54, 1.807) is 0 Å². The Morgan fingerprint density at radius 3 is 2.18 bits per heavy atom. The van der Waals surface area contributed by atoms with Crippen LogP contribution in [-0.2, 0) is 0 Å². The third kappa shape index (κ3) is 3.42. The molecule has 1 heterocycles. The largest absolute Gasteiger partial charge is 0.385 e. The molecule has 3 heteroatoms. The van der Waals surface area contributed by atoms with Crippen molar-refractivity contribution >= 4 is 11.4 Å². The van der Waals surface area contributed by atoms with Gasteiger partial charge in [0.25, 0.3) is 0 Å². The Balaban J connectivity index is 1.84. The average Bonchev–Trinajstić information content (AvgIpc) is 3.08. The maximum absolute atomic E-state index is 3.63. The lowest BCUT2D eigenvalue weighted by Crippen LogP contribution is -2.29. The van der Waals surface area contributed by atoms with E-state index in [4.69, 9.17) is 0 Å². The quantitative estimate of drug-likeness (QED) is 0.755. The van der Waals surface area contributed by atoms with Gasteiger partial charge in [-0.25, -0.2) is 0 Å². The van der Waals surface area contributed by atoms with Crippen molar-refractivity contribution in [2.75, 3.05) is 30.3 Å². The van der Waals surface area contributed by atoms with E-state index in [2.05, 4.69) is 71.4 Å². The normalized spacial score (nSPS) is 17.4. The summed E-state index contributed by atoms with van der Waals surface area (Å²) in [5.41, 5.74) is 4.92. The fourth-order valence-corrected chi connectivity index (χ4v) is 3.10. The van der Waals surface area contributed by atoms with Gasteiger partial charge in [0.05, 0.1) is 0 Å². The van der Waals surface area contributed by atoms with Crippen molar-refractivity contribution < 1.29 is 0 Å². The van der Waals surface area contributed by atoms with E-state index in [0.29, 0.717) is 6.04 Å². The molecule has 0 saturated carbocycles. The van der Waals surface area contributed by atoms with E-state index in [0.717, 1.165) is 19.6 Å². The van der Waals surface area contributed by atoms with Crippen LogP contribution in [0, 0.1) is 0 Å². The maximum Gasteiger partial charge on any atom is 0.0421 e. The summed E-state index contributed by atoms with van der Waals surface area (Å²) in [4.78, 5) is 0. The second kappa shape index (κ2) is 7.32. The minimum atomic E-state index is 0.595. The van der Waals surface area contributed by atoms with Gasteiger partial charge >= 0.3 is 0 Å². The Kier molecular flexibility index (Phi) is 4.96. The number of rotatable bonds is 6. The van der Waals surface area contributed by atoms with E-state index in [9.17, 15) is 0 Å². The smallest absolute Gasteiger partial charge is 0.0421 e. The van der Waals surface area contributed by atoms with Crippen molar-refractivity contribution in [3.63, 3.8) is 0 Å². The van der Waals surface area contributed by atoms with Gasteiger partial charge in [-0.1, -0.05) is 36.4 Å². The summed E-state index contributed by atoms with van der Waals surface area (Å²) in [7, 11) is 0. The van der Waals surface area contributed by atoms with Crippen molar-refractivity contribution in [3.05, 3.63) is 48.5 Å². The fourth-order valence-electron chi connectivity index (χ4n) is 3.10. The van der Waals surface area contributed by atoms with Crippen LogP contribution in [0.4, 0.5) is 11.4 Å². The van der Waals surface area contributed by atoms with Crippen LogP contribution in [0.5, 0.6) is 0 Å². The molecule has 2 aromatic rings. The molecule has 3 nitrogen and oxygen atoms in total. The van der Waals surface area contributed by atoms with Crippen LogP contribution in [0.1, 0.15) is 19.8 Å². The number of hydrogen-bond donors (Lipinski definition) is 3. The van der Waals surface area contributed by atoms with Gasteiger partial charge in [-0.2, -0.15) is 0 Å². The highest BCUT2D eigenvalue weighted by atomic mass is 15.0. The predicted molar refractivity (Wildman–Crippen MR) is 95.6 cm³/mol. The maximum atomic E-state index is 3.63. The zero-order chi connectivity index (χ0) is 15.2. The Hall–Kier alpha value is -2.00. The molecule has 0 amide bonds. The Morgan fingerprint density at radius 2 is 1.59 bits per heavy atom. The highest BCUT2D eigenvalue weighted by Gasteiger charge is 2.14. The SMILES string of the molecule is CCNc1ccccc1-c1ccccc1NC[C@@H]1CCCN1. The zero-order valence-electron chi connectivity index (χ0n) is 13.2. The van der Waals surface area contributed by atoms with E-state index < -0.39 is 0 Å². The standard InChI is InChI=1S/C19H25N3/c1-2-20-18-11-5-3-9-16(18)17-10-4-6-12-19(17)22-14-15-8-7-13-21-15/h3-6,9-12,15,20-22H,2,7-8,13-14H2,1H3/t15-/m0/s1. The third-order valence-corrected chi connectivity index (χ3v) is 4.21. The van der Waals surface area contributed by atoms with Crippen LogP contribution < -0.4 is 16.0 Å². The van der Waals surface area contributed by atoms with Crippen LogP contribution in [0.15, 0.2) is 48.5 Å². The summed E-state index contributed by atoms with van der Waals surface area (Å²) in [5, 5.41) is 10.6. The van der Waals surface area contributed by atoms with Gasteiger partial charge in [0.2, 0.25) is 0 Å². The predicted octanol–water partition coefficient (Wildman–Crippen LogP) is 3.95. The first-order valence-corrected chi connectivity index (χ1v) is 8.28. The Bertz CT molecular complexity index is 603. The lowest BCUT2D eigenvalue weighted by Gasteiger charge is -2.18. The monoisotopic (exact) mass is 295 g/mol. The molecule has 2 aromatic carbocycles. The summed E-state index contributed by atoms with van der Waals surface area (Å²) in [6, 6.07) is 17.7. The van der Waals surface area contributed by atoms with Crippen LogP contribution >= 0.6 is 0 Å². The molecule has 3 rings (SSSR count). The lowest BCUT2D eigenvalue weighted by atomic mass is 10.0. The third-order valence-electron chi connectivity index (χ3n) is 4.21. The Labute approximate surface area is 133 Å². The molecule has 0 bridgehead atoms. The van der Waals surface area contributed by atoms with Gasteiger partial charge in [-0.3, -0.25) is 0 Å². The van der Waals surface area contributed by atoms with Crippen LogP contribution in [0.2, 0.25) is 0 Å². The molecule has 0 aliphatic carbocycles. The molecule has 0 radical (unpaired) electrons. The van der Waals surface area contributed by atoms with E-state index in [1.807, 2.05) is 0 Å². The second-order valence-corrected chi connectivity index (χ2v) is 5.80. The average molecular weight is 295 g/mol.